The van der Waals surface area contributed by atoms with Crippen LogP contribution in [0.4, 0.5) is 4.79 Å². The summed E-state index contributed by atoms with van der Waals surface area (Å²) in [5, 5.41) is 0. The van der Waals surface area contributed by atoms with E-state index in [4.69, 9.17) is 4.74 Å². The third-order valence-electron chi connectivity index (χ3n) is 3.98. The first-order valence-electron chi connectivity index (χ1n) is 7.72. The van der Waals surface area contributed by atoms with Crippen LogP contribution in [0.1, 0.15) is 39.7 Å². The van der Waals surface area contributed by atoms with E-state index in [0.717, 1.165) is 25.9 Å². The van der Waals surface area contributed by atoms with E-state index in [0.29, 0.717) is 11.8 Å². The molecule has 1 saturated heterocycles. The molecule has 4 heteroatoms. The molecule has 4 nitrogen and oxygen atoms in total. The van der Waals surface area contributed by atoms with Crippen LogP contribution in [0.2, 0.25) is 0 Å². The van der Waals surface area contributed by atoms with Gasteiger partial charge in [0.1, 0.15) is 5.60 Å². The normalized spacial score (nSPS) is 23.0. The van der Waals surface area contributed by atoms with Gasteiger partial charge in [0.05, 0.1) is 0 Å². The van der Waals surface area contributed by atoms with Crippen LogP contribution in [0.5, 0.6) is 0 Å². The lowest BCUT2D eigenvalue weighted by Gasteiger charge is -2.37. The predicted octanol–water partition coefficient (Wildman–Crippen LogP) is 3.52. The average Bonchev–Trinajstić information content (AvgIpc) is 2.40. The molecule has 0 aromatic carbocycles. The van der Waals surface area contributed by atoms with Crippen molar-refractivity contribution in [1.82, 2.24) is 9.88 Å². The van der Waals surface area contributed by atoms with Crippen molar-refractivity contribution in [3.63, 3.8) is 0 Å². The Morgan fingerprint density at radius 3 is 2.62 bits per heavy atom. The highest BCUT2D eigenvalue weighted by Crippen LogP contribution is 2.27. The lowest BCUT2D eigenvalue weighted by molar-refractivity contribution is 0.0117. The van der Waals surface area contributed by atoms with Crippen molar-refractivity contribution in [1.29, 1.82) is 0 Å². The molecule has 2 rings (SSSR count). The van der Waals surface area contributed by atoms with Gasteiger partial charge in [-0.05, 0) is 63.1 Å². The van der Waals surface area contributed by atoms with Crippen molar-refractivity contribution in [3.05, 3.63) is 30.1 Å². The van der Waals surface area contributed by atoms with Crippen molar-refractivity contribution in [2.24, 2.45) is 11.8 Å². The Labute approximate surface area is 127 Å². The fraction of sp³-hybridized carbons (Fsp3) is 0.647. The molecule has 1 aromatic rings. The van der Waals surface area contributed by atoms with Crippen molar-refractivity contribution in [2.45, 2.75) is 46.1 Å². The van der Waals surface area contributed by atoms with Crippen LogP contribution < -0.4 is 0 Å². The maximum Gasteiger partial charge on any atom is 0.410 e. The number of nitrogens with zero attached hydrogens (tertiary/aromatic N) is 2. The number of hydrogen-bond acceptors (Lipinski definition) is 3. The van der Waals surface area contributed by atoms with Crippen molar-refractivity contribution < 1.29 is 9.53 Å². The Morgan fingerprint density at radius 1 is 1.38 bits per heavy atom. The lowest BCUT2D eigenvalue weighted by Crippen LogP contribution is -2.45. The van der Waals surface area contributed by atoms with Gasteiger partial charge in [-0.1, -0.05) is 6.92 Å². The fourth-order valence-electron chi connectivity index (χ4n) is 2.81. The number of rotatable bonds is 2. The molecule has 0 aliphatic carbocycles. The zero-order chi connectivity index (χ0) is 15.5. The second-order valence-electron chi connectivity index (χ2n) is 7.01. The molecule has 116 valence electrons. The number of amides is 1. The number of pyridine rings is 1. The van der Waals surface area contributed by atoms with Gasteiger partial charge >= 0.3 is 6.09 Å². The Bertz CT molecular complexity index is 467. The van der Waals surface area contributed by atoms with Gasteiger partial charge in [0.2, 0.25) is 0 Å². The number of carbonyl (C=O) groups is 1. The molecule has 2 heterocycles. The molecular formula is C17H26N2O2. The number of carbonyl (C=O) groups excluding carboxylic acids is 1. The van der Waals surface area contributed by atoms with Gasteiger partial charge in [-0.15, -0.1) is 0 Å². The van der Waals surface area contributed by atoms with Gasteiger partial charge < -0.3 is 9.64 Å². The molecule has 0 bridgehead atoms. The molecule has 1 fully saturated rings. The Balaban J connectivity index is 1.89. The van der Waals surface area contributed by atoms with E-state index in [1.807, 2.05) is 38.1 Å². The third kappa shape index (κ3) is 4.73. The first kappa shape index (κ1) is 15.8. The largest absolute Gasteiger partial charge is 0.444 e. The van der Waals surface area contributed by atoms with Gasteiger partial charge in [-0.3, -0.25) is 4.98 Å². The smallest absolute Gasteiger partial charge is 0.410 e. The highest BCUT2D eigenvalue weighted by Gasteiger charge is 2.31. The summed E-state index contributed by atoms with van der Waals surface area (Å²) in [5.41, 5.74) is 0.904. The van der Waals surface area contributed by atoms with Gasteiger partial charge in [0, 0.05) is 25.5 Å². The van der Waals surface area contributed by atoms with Crippen LogP contribution in [0.15, 0.2) is 24.5 Å². The van der Waals surface area contributed by atoms with Gasteiger partial charge in [-0.25, -0.2) is 4.79 Å². The van der Waals surface area contributed by atoms with E-state index in [1.165, 1.54) is 5.56 Å². The number of hydrogen-bond donors (Lipinski definition) is 0. The molecule has 0 radical (unpaired) electrons. The molecular weight excluding hydrogens is 264 g/mol. The monoisotopic (exact) mass is 290 g/mol. The minimum Gasteiger partial charge on any atom is -0.444 e. The van der Waals surface area contributed by atoms with Gasteiger partial charge in [-0.2, -0.15) is 0 Å². The second kappa shape index (κ2) is 6.46. The lowest BCUT2D eigenvalue weighted by atomic mass is 9.82. The summed E-state index contributed by atoms with van der Waals surface area (Å²) in [5.74, 6) is 1.10. The number of likely N-dealkylation sites (tertiary alicyclic amines) is 1. The van der Waals surface area contributed by atoms with Gasteiger partial charge in [0.15, 0.2) is 0 Å². The maximum absolute atomic E-state index is 12.1. The number of ether oxygens (including phenoxy) is 1. The molecule has 0 spiro atoms. The van der Waals surface area contributed by atoms with Crippen LogP contribution >= 0.6 is 0 Å². The van der Waals surface area contributed by atoms with Crippen LogP contribution in [0, 0.1) is 11.8 Å². The van der Waals surface area contributed by atoms with Crippen LogP contribution in [-0.4, -0.2) is 34.7 Å². The number of aromatic nitrogens is 1. The Hall–Kier alpha value is -1.58. The highest BCUT2D eigenvalue weighted by atomic mass is 16.6. The Kier molecular flexibility index (Phi) is 4.86. The molecule has 1 aliphatic heterocycles. The molecule has 21 heavy (non-hydrogen) atoms. The summed E-state index contributed by atoms with van der Waals surface area (Å²) in [6.45, 7) is 9.52. The summed E-state index contributed by atoms with van der Waals surface area (Å²) in [6, 6.07) is 4.15. The maximum atomic E-state index is 12.1. The van der Waals surface area contributed by atoms with Crippen LogP contribution in [0.3, 0.4) is 0 Å². The molecule has 0 N–H and O–H groups in total. The summed E-state index contributed by atoms with van der Waals surface area (Å²) in [6.07, 6.45) is 5.59. The summed E-state index contributed by atoms with van der Waals surface area (Å²) < 4.78 is 5.46. The first-order valence-corrected chi connectivity index (χ1v) is 7.72. The van der Waals surface area contributed by atoms with Gasteiger partial charge in [0.25, 0.3) is 0 Å². The second-order valence-corrected chi connectivity index (χ2v) is 7.01. The SMILES string of the molecule is C[C@H]1CN(C(=O)OC(C)(C)C)CC[C@@H]1Cc1ccncc1. The molecule has 1 aliphatic rings. The standard InChI is InChI=1S/C17H26N2O2/c1-13-12-19(16(20)21-17(2,3)4)10-7-15(13)11-14-5-8-18-9-6-14/h5-6,8-9,13,15H,7,10-12H2,1-4H3/t13-,15+/m0/s1. The summed E-state index contributed by atoms with van der Waals surface area (Å²) in [4.78, 5) is 18.0. The van der Waals surface area contributed by atoms with Crippen LogP contribution in [-0.2, 0) is 11.2 Å². The highest BCUT2D eigenvalue weighted by molar-refractivity contribution is 5.68. The van der Waals surface area contributed by atoms with Crippen molar-refractivity contribution in [3.8, 4) is 0 Å². The van der Waals surface area contributed by atoms with Crippen LogP contribution in [0.25, 0.3) is 0 Å². The summed E-state index contributed by atoms with van der Waals surface area (Å²) in [7, 11) is 0. The average molecular weight is 290 g/mol. The summed E-state index contributed by atoms with van der Waals surface area (Å²) >= 11 is 0. The van der Waals surface area contributed by atoms with E-state index in [2.05, 4.69) is 24.0 Å². The third-order valence-corrected chi connectivity index (χ3v) is 3.98. The van der Waals surface area contributed by atoms with Crippen molar-refractivity contribution in [2.75, 3.05) is 13.1 Å². The molecule has 0 saturated carbocycles. The molecule has 1 aromatic heterocycles. The van der Waals surface area contributed by atoms with E-state index in [9.17, 15) is 4.79 Å². The minimum atomic E-state index is -0.422. The number of piperidine rings is 1. The van der Waals surface area contributed by atoms with E-state index >= 15 is 0 Å². The molecule has 2 atom stereocenters. The Morgan fingerprint density at radius 2 is 2.05 bits per heavy atom. The predicted molar refractivity (Wildman–Crippen MR) is 83.0 cm³/mol. The quantitative estimate of drug-likeness (QED) is 0.837. The van der Waals surface area contributed by atoms with E-state index < -0.39 is 5.60 Å². The zero-order valence-electron chi connectivity index (χ0n) is 13.5. The minimum absolute atomic E-state index is 0.184. The molecule has 0 unspecified atom stereocenters. The fourth-order valence-corrected chi connectivity index (χ4v) is 2.81. The van der Waals surface area contributed by atoms with E-state index in [1.54, 1.807) is 0 Å². The van der Waals surface area contributed by atoms with E-state index in [-0.39, 0.29) is 6.09 Å². The zero-order valence-corrected chi connectivity index (χ0v) is 13.5. The molecule has 1 amide bonds. The van der Waals surface area contributed by atoms with Crippen molar-refractivity contribution >= 4 is 6.09 Å². The topological polar surface area (TPSA) is 42.4 Å². The first-order chi connectivity index (χ1) is 9.85.